The molecule has 0 fully saturated rings. The zero-order chi connectivity index (χ0) is 8.27. The fourth-order valence-electron chi connectivity index (χ4n) is 0.739. The van der Waals surface area contributed by atoms with E-state index in [2.05, 4.69) is 9.97 Å². The Morgan fingerprint density at radius 2 is 2.27 bits per heavy atom. The third-order valence-electron chi connectivity index (χ3n) is 1.46. The molecule has 4 heteroatoms. The second kappa shape index (κ2) is 3.78. The van der Waals surface area contributed by atoms with Crippen molar-refractivity contribution < 1.29 is 0 Å². The van der Waals surface area contributed by atoms with Crippen LogP contribution in [-0.2, 0) is 0 Å². The van der Waals surface area contributed by atoms with Gasteiger partial charge in [0.2, 0.25) is 0 Å². The number of aryl methyl sites for hydroxylation is 2. The molecule has 0 amide bonds. The molecule has 1 aromatic rings. The van der Waals surface area contributed by atoms with E-state index in [0.29, 0.717) is 6.54 Å². The molecule has 62 valence electrons. The largest absolute Gasteiger partial charge is 0.337 e. The van der Waals surface area contributed by atoms with Gasteiger partial charge in [0, 0.05) is 18.0 Å². The van der Waals surface area contributed by atoms with Crippen molar-refractivity contribution in [2.75, 3.05) is 12.3 Å². The van der Waals surface area contributed by atoms with Gasteiger partial charge in [-0.15, -0.1) is 0 Å². The van der Waals surface area contributed by atoms with Gasteiger partial charge in [-0.2, -0.15) is 0 Å². The van der Waals surface area contributed by atoms with E-state index in [1.807, 2.05) is 13.8 Å². The van der Waals surface area contributed by atoms with Crippen molar-refractivity contribution >= 4 is 11.8 Å². The Balaban J connectivity index is 2.58. The van der Waals surface area contributed by atoms with E-state index in [0.717, 1.165) is 22.3 Å². The van der Waals surface area contributed by atoms with Gasteiger partial charge in [0.05, 0.1) is 5.69 Å². The second-order valence-electron chi connectivity index (χ2n) is 2.39. The normalized spacial score (nSPS) is 10.5. The lowest BCUT2D eigenvalue weighted by Gasteiger charge is -1.91. The van der Waals surface area contributed by atoms with Crippen LogP contribution in [0.2, 0.25) is 0 Å². The minimum Gasteiger partial charge on any atom is -0.337 e. The summed E-state index contributed by atoms with van der Waals surface area (Å²) in [6.07, 6.45) is 0. The fraction of sp³-hybridized carbons (Fsp3) is 0.571. The Morgan fingerprint density at radius 3 is 2.73 bits per heavy atom. The molecule has 0 atom stereocenters. The minimum atomic E-state index is 0.698. The molecule has 1 heterocycles. The smallest absolute Gasteiger partial charge is 0.165 e. The van der Waals surface area contributed by atoms with Gasteiger partial charge in [-0.3, -0.25) is 0 Å². The van der Waals surface area contributed by atoms with Crippen molar-refractivity contribution in [2.24, 2.45) is 5.73 Å². The number of hydrogen-bond donors (Lipinski definition) is 2. The number of rotatable bonds is 3. The van der Waals surface area contributed by atoms with Crippen LogP contribution in [0.3, 0.4) is 0 Å². The van der Waals surface area contributed by atoms with Gasteiger partial charge in [-0.05, 0) is 13.8 Å². The number of imidazole rings is 1. The highest BCUT2D eigenvalue weighted by Crippen LogP contribution is 2.14. The Hall–Kier alpha value is -0.480. The first-order valence-electron chi connectivity index (χ1n) is 3.60. The summed E-state index contributed by atoms with van der Waals surface area (Å²) in [6, 6.07) is 0. The third-order valence-corrected chi connectivity index (χ3v) is 2.37. The number of nitrogens with zero attached hydrogens (tertiary/aromatic N) is 1. The molecule has 0 saturated heterocycles. The summed E-state index contributed by atoms with van der Waals surface area (Å²) in [6.45, 7) is 4.72. The highest BCUT2D eigenvalue weighted by molar-refractivity contribution is 7.99. The quantitative estimate of drug-likeness (QED) is 0.669. The fourth-order valence-corrected chi connectivity index (χ4v) is 1.48. The summed E-state index contributed by atoms with van der Waals surface area (Å²) in [5.41, 5.74) is 7.58. The second-order valence-corrected chi connectivity index (χ2v) is 3.47. The molecule has 0 spiro atoms. The highest BCUT2D eigenvalue weighted by Gasteiger charge is 2.00. The molecular weight excluding hydrogens is 158 g/mol. The first kappa shape index (κ1) is 8.62. The lowest BCUT2D eigenvalue weighted by atomic mass is 10.4. The zero-order valence-corrected chi connectivity index (χ0v) is 7.66. The first-order chi connectivity index (χ1) is 5.24. The van der Waals surface area contributed by atoms with Crippen LogP contribution >= 0.6 is 11.8 Å². The van der Waals surface area contributed by atoms with Crippen LogP contribution in [0.5, 0.6) is 0 Å². The van der Waals surface area contributed by atoms with Crippen molar-refractivity contribution in [3.8, 4) is 0 Å². The summed E-state index contributed by atoms with van der Waals surface area (Å²) >= 11 is 1.66. The average molecular weight is 171 g/mol. The summed E-state index contributed by atoms with van der Waals surface area (Å²) in [7, 11) is 0. The zero-order valence-electron chi connectivity index (χ0n) is 6.85. The highest BCUT2D eigenvalue weighted by atomic mass is 32.2. The summed E-state index contributed by atoms with van der Waals surface area (Å²) in [4.78, 5) is 7.48. The predicted octanol–water partition coefficient (Wildman–Crippen LogP) is 1.08. The number of hydrogen-bond acceptors (Lipinski definition) is 3. The van der Waals surface area contributed by atoms with Crippen LogP contribution in [0.15, 0.2) is 5.16 Å². The monoisotopic (exact) mass is 171 g/mol. The minimum absolute atomic E-state index is 0.698. The molecule has 0 aliphatic heterocycles. The van der Waals surface area contributed by atoms with E-state index in [-0.39, 0.29) is 0 Å². The maximum atomic E-state index is 5.36. The number of aromatic amines is 1. The van der Waals surface area contributed by atoms with E-state index in [1.165, 1.54) is 0 Å². The number of nitrogens with one attached hydrogen (secondary N) is 1. The number of thioether (sulfide) groups is 1. The maximum Gasteiger partial charge on any atom is 0.165 e. The lowest BCUT2D eigenvalue weighted by Crippen LogP contribution is -2.01. The molecule has 0 aromatic carbocycles. The molecule has 0 radical (unpaired) electrons. The van der Waals surface area contributed by atoms with Gasteiger partial charge in [-0.25, -0.2) is 4.98 Å². The Labute approximate surface area is 70.8 Å². The van der Waals surface area contributed by atoms with Gasteiger partial charge in [-0.1, -0.05) is 11.8 Å². The molecule has 11 heavy (non-hydrogen) atoms. The van der Waals surface area contributed by atoms with Crippen molar-refractivity contribution in [1.29, 1.82) is 0 Å². The van der Waals surface area contributed by atoms with Gasteiger partial charge in [0.15, 0.2) is 5.16 Å². The molecule has 3 N–H and O–H groups in total. The predicted molar refractivity (Wildman–Crippen MR) is 47.8 cm³/mol. The van der Waals surface area contributed by atoms with Gasteiger partial charge in [0.1, 0.15) is 0 Å². The van der Waals surface area contributed by atoms with Crippen molar-refractivity contribution in [3.63, 3.8) is 0 Å². The molecule has 0 aliphatic carbocycles. The van der Waals surface area contributed by atoms with E-state index < -0.39 is 0 Å². The summed E-state index contributed by atoms with van der Waals surface area (Å²) in [5, 5.41) is 0.977. The van der Waals surface area contributed by atoms with Gasteiger partial charge >= 0.3 is 0 Å². The Bertz CT molecular complexity index is 212. The van der Waals surface area contributed by atoms with E-state index >= 15 is 0 Å². The van der Waals surface area contributed by atoms with Crippen LogP contribution in [0.1, 0.15) is 11.4 Å². The molecule has 0 bridgehead atoms. The van der Waals surface area contributed by atoms with E-state index in [1.54, 1.807) is 11.8 Å². The SMILES string of the molecule is Cc1nc(SCCN)[nH]c1C. The molecule has 0 unspecified atom stereocenters. The Morgan fingerprint density at radius 1 is 1.55 bits per heavy atom. The summed E-state index contributed by atoms with van der Waals surface area (Å²) in [5.74, 6) is 0.923. The summed E-state index contributed by atoms with van der Waals surface area (Å²) < 4.78 is 0. The van der Waals surface area contributed by atoms with E-state index in [9.17, 15) is 0 Å². The van der Waals surface area contributed by atoms with Gasteiger partial charge < -0.3 is 10.7 Å². The number of aromatic nitrogens is 2. The van der Waals surface area contributed by atoms with Gasteiger partial charge in [0.25, 0.3) is 0 Å². The molecule has 0 saturated carbocycles. The number of H-pyrrole nitrogens is 1. The molecule has 1 rings (SSSR count). The molecule has 1 aromatic heterocycles. The first-order valence-corrected chi connectivity index (χ1v) is 4.58. The average Bonchev–Trinajstić information content (AvgIpc) is 2.28. The number of nitrogens with two attached hydrogens (primary N) is 1. The standard InChI is InChI=1S/C7H13N3S/c1-5-6(2)10-7(9-5)11-4-3-8/h3-4,8H2,1-2H3,(H,9,10). The van der Waals surface area contributed by atoms with Crippen LogP contribution < -0.4 is 5.73 Å². The lowest BCUT2D eigenvalue weighted by molar-refractivity contribution is 1.03. The third kappa shape index (κ3) is 2.24. The van der Waals surface area contributed by atoms with Crippen molar-refractivity contribution in [3.05, 3.63) is 11.4 Å². The van der Waals surface area contributed by atoms with Crippen molar-refractivity contribution in [2.45, 2.75) is 19.0 Å². The van der Waals surface area contributed by atoms with E-state index in [4.69, 9.17) is 5.73 Å². The van der Waals surface area contributed by atoms with Crippen LogP contribution in [0.25, 0.3) is 0 Å². The van der Waals surface area contributed by atoms with Crippen molar-refractivity contribution in [1.82, 2.24) is 9.97 Å². The molecule has 3 nitrogen and oxygen atoms in total. The maximum absolute atomic E-state index is 5.36. The van der Waals surface area contributed by atoms with Crippen LogP contribution in [0.4, 0.5) is 0 Å². The molecule has 0 aliphatic rings. The topological polar surface area (TPSA) is 54.7 Å². The Kier molecular flexibility index (Phi) is 2.96. The van der Waals surface area contributed by atoms with Crippen LogP contribution in [-0.4, -0.2) is 22.3 Å². The molecular formula is C7H13N3S. The van der Waals surface area contributed by atoms with Crippen LogP contribution in [0, 0.1) is 13.8 Å².